The van der Waals surface area contributed by atoms with Gasteiger partial charge in [0.15, 0.2) is 6.29 Å². The molecule has 0 heterocycles. The zero-order chi connectivity index (χ0) is 9.56. The van der Waals surface area contributed by atoms with Crippen LogP contribution in [-0.4, -0.2) is 53.1 Å². The van der Waals surface area contributed by atoms with Gasteiger partial charge < -0.3 is 25.2 Å². The Bertz CT molecular complexity index is 102. The maximum atomic E-state index is 8.83. The highest BCUT2D eigenvalue weighted by Crippen LogP contribution is 2.14. The van der Waals surface area contributed by atoms with Crippen LogP contribution in [0.2, 0.25) is 0 Å². The van der Waals surface area contributed by atoms with Crippen LogP contribution in [0.15, 0.2) is 0 Å². The van der Waals surface area contributed by atoms with Crippen LogP contribution in [-0.2, 0) is 4.74 Å². The van der Waals surface area contributed by atoms with E-state index in [0.717, 1.165) is 0 Å². The number of hydrogen-bond acceptors (Lipinski definition) is 5. The molecule has 0 fully saturated rings. The van der Waals surface area contributed by atoms with E-state index in [-0.39, 0.29) is 19.6 Å². The van der Waals surface area contributed by atoms with Crippen LogP contribution >= 0.6 is 0 Å². The minimum Gasteiger partial charge on any atom is -0.396 e. The van der Waals surface area contributed by atoms with Crippen molar-refractivity contribution in [2.75, 3.05) is 20.3 Å². The lowest BCUT2D eigenvalue weighted by atomic mass is 9.99. The van der Waals surface area contributed by atoms with Crippen LogP contribution in [0, 0.1) is 5.92 Å². The molecule has 0 aromatic rings. The first kappa shape index (κ1) is 11.8. The zero-order valence-electron chi connectivity index (χ0n) is 7.05. The highest BCUT2D eigenvalue weighted by Gasteiger charge is 2.25. The molecule has 2 unspecified atom stereocenters. The minimum absolute atomic E-state index is 0.165. The van der Waals surface area contributed by atoms with Gasteiger partial charge in [-0.25, -0.2) is 0 Å². The maximum absolute atomic E-state index is 8.83. The van der Waals surface area contributed by atoms with Gasteiger partial charge in [0.25, 0.3) is 0 Å². The summed E-state index contributed by atoms with van der Waals surface area (Å²) >= 11 is 0. The molecule has 0 spiro atoms. The van der Waals surface area contributed by atoms with E-state index in [1.165, 1.54) is 7.11 Å². The standard InChI is InChI=1S/C7H16O5/c1-12-6(4-9)5(2-3-8)7(10)11/h5-11H,2-4H2,1H3. The van der Waals surface area contributed by atoms with Gasteiger partial charge in [0.05, 0.1) is 12.7 Å². The number of ether oxygens (including phenoxy) is 1. The average Bonchev–Trinajstić information content (AvgIpc) is 2.05. The fraction of sp³-hybridized carbons (Fsp3) is 1.00. The molecule has 0 saturated heterocycles. The van der Waals surface area contributed by atoms with Crippen molar-refractivity contribution in [1.82, 2.24) is 0 Å². The molecule has 0 radical (unpaired) electrons. The van der Waals surface area contributed by atoms with Crippen molar-refractivity contribution in [1.29, 1.82) is 0 Å². The quantitative estimate of drug-likeness (QED) is 0.366. The van der Waals surface area contributed by atoms with Crippen LogP contribution in [0.3, 0.4) is 0 Å². The second-order valence-corrected chi connectivity index (χ2v) is 2.55. The molecule has 0 aliphatic rings. The normalized spacial score (nSPS) is 16.5. The van der Waals surface area contributed by atoms with Crippen LogP contribution < -0.4 is 0 Å². The van der Waals surface area contributed by atoms with Crippen molar-refractivity contribution < 1.29 is 25.2 Å². The van der Waals surface area contributed by atoms with Gasteiger partial charge in [-0.2, -0.15) is 0 Å². The Morgan fingerprint density at radius 3 is 2.08 bits per heavy atom. The average molecular weight is 180 g/mol. The van der Waals surface area contributed by atoms with Crippen molar-refractivity contribution in [3.8, 4) is 0 Å². The molecule has 0 rings (SSSR count). The highest BCUT2D eigenvalue weighted by molar-refractivity contribution is 4.70. The van der Waals surface area contributed by atoms with Crippen LogP contribution in [0.5, 0.6) is 0 Å². The smallest absolute Gasteiger partial charge is 0.156 e. The third-order valence-electron chi connectivity index (χ3n) is 1.81. The molecule has 0 bridgehead atoms. The SMILES string of the molecule is COC(CO)C(CCO)C(O)O. The van der Waals surface area contributed by atoms with Crippen LogP contribution in [0.4, 0.5) is 0 Å². The van der Waals surface area contributed by atoms with E-state index in [0.29, 0.717) is 0 Å². The number of methoxy groups -OCH3 is 1. The summed E-state index contributed by atoms with van der Waals surface area (Å²) in [5.74, 6) is -0.648. The second kappa shape index (κ2) is 6.33. The van der Waals surface area contributed by atoms with Gasteiger partial charge in [-0.1, -0.05) is 0 Å². The third kappa shape index (κ3) is 3.46. The van der Waals surface area contributed by atoms with Gasteiger partial charge in [-0.3, -0.25) is 0 Å². The molecule has 74 valence electrons. The van der Waals surface area contributed by atoms with Gasteiger partial charge in [0.1, 0.15) is 0 Å². The van der Waals surface area contributed by atoms with E-state index in [2.05, 4.69) is 0 Å². The van der Waals surface area contributed by atoms with Crippen LogP contribution in [0.25, 0.3) is 0 Å². The lowest BCUT2D eigenvalue weighted by Gasteiger charge is -2.24. The topological polar surface area (TPSA) is 90.2 Å². The van der Waals surface area contributed by atoms with Crippen molar-refractivity contribution in [2.24, 2.45) is 5.92 Å². The largest absolute Gasteiger partial charge is 0.396 e. The lowest BCUT2D eigenvalue weighted by Crippen LogP contribution is -2.36. The summed E-state index contributed by atoms with van der Waals surface area (Å²) in [7, 11) is 1.37. The predicted octanol–water partition coefficient (Wildman–Crippen LogP) is -1.70. The third-order valence-corrected chi connectivity index (χ3v) is 1.81. The summed E-state index contributed by atoms with van der Waals surface area (Å²) in [6, 6.07) is 0. The van der Waals surface area contributed by atoms with Crippen molar-refractivity contribution in [2.45, 2.75) is 18.8 Å². The van der Waals surface area contributed by atoms with Gasteiger partial charge in [-0.05, 0) is 6.42 Å². The Balaban J connectivity index is 4.05. The van der Waals surface area contributed by atoms with Gasteiger partial charge in [0.2, 0.25) is 0 Å². The second-order valence-electron chi connectivity index (χ2n) is 2.55. The van der Waals surface area contributed by atoms with E-state index >= 15 is 0 Å². The van der Waals surface area contributed by atoms with Crippen molar-refractivity contribution in [3.05, 3.63) is 0 Å². The van der Waals surface area contributed by atoms with E-state index in [4.69, 9.17) is 25.2 Å². The molecule has 0 saturated carbocycles. The summed E-state index contributed by atoms with van der Waals surface area (Å²) in [4.78, 5) is 0. The fourth-order valence-corrected chi connectivity index (χ4v) is 1.06. The number of hydrogen-bond donors (Lipinski definition) is 4. The molecule has 0 aliphatic heterocycles. The summed E-state index contributed by atoms with van der Waals surface area (Å²) in [6.45, 7) is -0.457. The Kier molecular flexibility index (Phi) is 6.23. The van der Waals surface area contributed by atoms with Gasteiger partial charge in [-0.15, -0.1) is 0 Å². The molecule has 0 aliphatic carbocycles. The molecule has 0 aromatic carbocycles. The van der Waals surface area contributed by atoms with Crippen molar-refractivity contribution in [3.63, 3.8) is 0 Å². The molecule has 0 amide bonds. The van der Waals surface area contributed by atoms with E-state index in [9.17, 15) is 0 Å². The van der Waals surface area contributed by atoms with E-state index in [1.807, 2.05) is 0 Å². The monoisotopic (exact) mass is 180 g/mol. The number of rotatable bonds is 6. The number of aliphatic hydroxyl groups is 4. The summed E-state index contributed by atoms with van der Waals surface area (Å²) in [5, 5.41) is 35.0. The molecular formula is C7H16O5. The molecular weight excluding hydrogens is 164 g/mol. The molecule has 5 heteroatoms. The Morgan fingerprint density at radius 1 is 1.25 bits per heavy atom. The predicted molar refractivity (Wildman–Crippen MR) is 41.3 cm³/mol. The van der Waals surface area contributed by atoms with Gasteiger partial charge in [0, 0.05) is 19.6 Å². The minimum atomic E-state index is -1.57. The van der Waals surface area contributed by atoms with E-state index < -0.39 is 18.3 Å². The summed E-state index contributed by atoms with van der Waals surface area (Å²) in [6.07, 6.45) is -2.03. The number of aliphatic hydroxyl groups excluding tert-OH is 3. The Labute approximate surface area is 71.2 Å². The summed E-state index contributed by atoms with van der Waals surface area (Å²) < 4.78 is 4.79. The first-order chi connectivity index (χ1) is 5.67. The van der Waals surface area contributed by atoms with Crippen LogP contribution in [0.1, 0.15) is 6.42 Å². The van der Waals surface area contributed by atoms with Crippen molar-refractivity contribution >= 4 is 0 Å². The highest BCUT2D eigenvalue weighted by atomic mass is 16.5. The van der Waals surface area contributed by atoms with E-state index in [1.54, 1.807) is 0 Å². The summed E-state index contributed by atoms with van der Waals surface area (Å²) in [5.41, 5.74) is 0. The molecule has 4 N–H and O–H groups in total. The zero-order valence-corrected chi connectivity index (χ0v) is 7.05. The molecule has 0 aromatic heterocycles. The molecule has 2 atom stereocenters. The Morgan fingerprint density at radius 2 is 1.83 bits per heavy atom. The Hall–Kier alpha value is -0.200. The lowest BCUT2D eigenvalue weighted by molar-refractivity contribution is -0.138. The fourth-order valence-electron chi connectivity index (χ4n) is 1.06. The molecule has 5 nitrogen and oxygen atoms in total. The maximum Gasteiger partial charge on any atom is 0.156 e. The first-order valence-corrected chi connectivity index (χ1v) is 3.78. The first-order valence-electron chi connectivity index (χ1n) is 3.78. The molecule has 12 heavy (non-hydrogen) atoms. The van der Waals surface area contributed by atoms with Gasteiger partial charge >= 0.3 is 0 Å².